The maximum atomic E-state index is 13.4. The molecule has 0 bridgehead atoms. The van der Waals surface area contributed by atoms with Crippen LogP contribution in [-0.4, -0.2) is 12.6 Å². The number of rotatable bonds is 4. The molecule has 0 fully saturated rings. The average molecular weight is 213 g/mol. The van der Waals surface area contributed by atoms with Crippen molar-refractivity contribution in [2.45, 2.75) is 32.7 Å². The highest BCUT2D eigenvalue weighted by molar-refractivity contribution is 5.22. The Kier molecular flexibility index (Phi) is 4.21. The van der Waals surface area contributed by atoms with Gasteiger partial charge < -0.3 is 5.32 Å². The second-order valence-electron chi connectivity index (χ2n) is 4.13. The minimum Gasteiger partial charge on any atom is -0.314 e. The molecule has 15 heavy (non-hydrogen) atoms. The van der Waals surface area contributed by atoms with Crippen LogP contribution in [-0.2, 0) is 0 Å². The number of nitrogens with one attached hydrogen (secondary N) is 1. The Balaban J connectivity index is 2.72. The van der Waals surface area contributed by atoms with E-state index in [0.717, 1.165) is 6.07 Å². The summed E-state index contributed by atoms with van der Waals surface area (Å²) in [5.74, 6) is -0.750. The Morgan fingerprint density at radius 3 is 2.47 bits per heavy atom. The molecule has 3 heteroatoms. The van der Waals surface area contributed by atoms with Gasteiger partial charge in [0.25, 0.3) is 0 Å². The van der Waals surface area contributed by atoms with Gasteiger partial charge in [-0.25, -0.2) is 8.78 Å². The predicted octanol–water partition coefficient (Wildman–Crippen LogP) is 3.07. The van der Waals surface area contributed by atoms with Crippen molar-refractivity contribution < 1.29 is 8.78 Å². The van der Waals surface area contributed by atoms with E-state index in [-0.39, 0.29) is 17.6 Å². The average Bonchev–Trinajstić information content (AvgIpc) is 2.18. The lowest BCUT2D eigenvalue weighted by molar-refractivity contribution is 0.520. The van der Waals surface area contributed by atoms with E-state index in [1.54, 1.807) is 0 Å². The van der Waals surface area contributed by atoms with E-state index >= 15 is 0 Å². The van der Waals surface area contributed by atoms with E-state index in [1.165, 1.54) is 12.1 Å². The Morgan fingerprint density at radius 1 is 1.20 bits per heavy atom. The zero-order valence-corrected chi connectivity index (χ0v) is 9.35. The fraction of sp³-hybridized carbons (Fsp3) is 0.500. The molecule has 0 spiro atoms. The van der Waals surface area contributed by atoms with Crippen molar-refractivity contribution >= 4 is 0 Å². The molecule has 1 nitrogen and oxygen atoms in total. The predicted molar refractivity (Wildman–Crippen MR) is 57.9 cm³/mol. The maximum Gasteiger partial charge on any atom is 0.126 e. The lowest BCUT2D eigenvalue weighted by atomic mass is 10.00. The number of hydrogen-bond donors (Lipinski definition) is 1. The van der Waals surface area contributed by atoms with Crippen LogP contribution in [0.1, 0.15) is 32.3 Å². The first-order valence-electron chi connectivity index (χ1n) is 5.19. The molecule has 0 aliphatic heterocycles. The van der Waals surface area contributed by atoms with Gasteiger partial charge in [0.1, 0.15) is 11.6 Å². The molecular weight excluding hydrogens is 196 g/mol. The van der Waals surface area contributed by atoms with Gasteiger partial charge >= 0.3 is 0 Å². The third-order valence-corrected chi connectivity index (χ3v) is 2.32. The molecule has 84 valence electrons. The first-order chi connectivity index (χ1) is 7.00. The van der Waals surface area contributed by atoms with Gasteiger partial charge in [0.2, 0.25) is 0 Å². The fourth-order valence-corrected chi connectivity index (χ4v) is 1.41. The van der Waals surface area contributed by atoms with E-state index in [9.17, 15) is 8.78 Å². The van der Waals surface area contributed by atoms with Gasteiger partial charge in [0.15, 0.2) is 0 Å². The van der Waals surface area contributed by atoms with Gasteiger partial charge in [-0.05, 0) is 29.7 Å². The minimum atomic E-state index is -0.386. The number of benzene rings is 1. The molecule has 1 aromatic rings. The molecule has 0 heterocycles. The molecule has 1 rings (SSSR count). The van der Waals surface area contributed by atoms with Crippen LogP contribution < -0.4 is 5.32 Å². The highest BCUT2D eigenvalue weighted by atomic mass is 19.1. The largest absolute Gasteiger partial charge is 0.314 e. The highest BCUT2D eigenvalue weighted by Gasteiger charge is 2.11. The minimum absolute atomic E-state index is 0.0249. The third kappa shape index (κ3) is 3.59. The van der Waals surface area contributed by atoms with Crippen LogP contribution in [0.2, 0.25) is 0 Å². The summed E-state index contributed by atoms with van der Waals surface area (Å²) in [6.45, 7) is 6.58. The summed E-state index contributed by atoms with van der Waals surface area (Å²) in [7, 11) is 0. The van der Waals surface area contributed by atoms with E-state index in [0.29, 0.717) is 18.2 Å². The van der Waals surface area contributed by atoms with Crippen molar-refractivity contribution in [3.63, 3.8) is 0 Å². The van der Waals surface area contributed by atoms with E-state index in [4.69, 9.17) is 0 Å². The van der Waals surface area contributed by atoms with Gasteiger partial charge in [0.05, 0.1) is 0 Å². The third-order valence-electron chi connectivity index (χ3n) is 2.32. The zero-order valence-electron chi connectivity index (χ0n) is 9.35. The molecular formula is C12H17F2N. The van der Waals surface area contributed by atoms with Crippen molar-refractivity contribution in [3.8, 4) is 0 Å². The zero-order chi connectivity index (χ0) is 11.4. The summed E-state index contributed by atoms with van der Waals surface area (Å²) < 4.78 is 26.3. The molecule has 0 radical (unpaired) electrons. The Labute approximate surface area is 89.5 Å². The molecule has 0 saturated heterocycles. The smallest absolute Gasteiger partial charge is 0.126 e. The van der Waals surface area contributed by atoms with Crippen molar-refractivity contribution in [2.24, 2.45) is 0 Å². The molecule has 1 unspecified atom stereocenters. The Bertz CT molecular complexity index is 323. The monoisotopic (exact) mass is 213 g/mol. The highest BCUT2D eigenvalue weighted by Crippen LogP contribution is 2.19. The normalized spacial score (nSPS) is 13.2. The molecule has 1 N–H and O–H groups in total. The van der Waals surface area contributed by atoms with Crippen LogP contribution in [0.15, 0.2) is 18.2 Å². The molecule has 0 aromatic heterocycles. The Morgan fingerprint density at radius 2 is 1.87 bits per heavy atom. The first-order valence-corrected chi connectivity index (χ1v) is 5.19. The van der Waals surface area contributed by atoms with Crippen molar-refractivity contribution in [2.75, 3.05) is 6.54 Å². The lowest BCUT2D eigenvalue weighted by Gasteiger charge is -2.15. The van der Waals surface area contributed by atoms with Crippen molar-refractivity contribution in [1.82, 2.24) is 5.32 Å². The Hall–Kier alpha value is -0.960. The first kappa shape index (κ1) is 12.1. The lowest BCUT2D eigenvalue weighted by Crippen LogP contribution is -2.27. The standard InChI is InChI=1S/C12H17F2N/c1-8(2)15-7-9(3)11-6-10(13)4-5-12(11)14/h4-6,8-9,15H,7H2,1-3H3. The molecule has 0 amide bonds. The van der Waals surface area contributed by atoms with Crippen LogP contribution in [0, 0.1) is 11.6 Å². The summed E-state index contributed by atoms with van der Waals surface area (Å²) >= 11 is 0. The molecule has 0 aliphatic carbocycles. The molecule has 1 atom stereocenters. The fourth-order valence-electron chi connectivity index (χ4n) is 1.41. The van der Waals surface area contributed by atoms with Crippen LogP contribution in [0.4, 0.5) is 8.78 Å². The van der Waals surface area contributed by atoms with E-state index < -0.39 is 0 Å². The summed E-state index contributed by atoms with van der Waals surface area (Å²) in [6, 6.07) is 3.93. The summed E-state index contributed by atoms with van der Waals surface area (Å²) in [6.07, 6.45) is 0. The van der Waals surface area contributed by atoms with E-state index in [2.05, 4.69) is 5.32 Å². The SMILES string of the molecule is CC(C)NCC(C)c1cc(F)ccc1F. The summed E-state index contributed by atoms with van der Waals surface area (Å²) in [5.41, 5.74) is 0.433. The van der Waals surface area contributed by atoms with Gasteiger partial charge in [-0.1, -0.05) is 20.8 Å². The second-order valence-corrected chi connectivity index (χ2v) is 4.13. The van der Waals surface area contributed by atoms with Crippen molar-refractivity contribution in [3.05, 3.63) is 35.4 Å². The van der Waals surface area contributed by atoms with Gasteiger partial charge in [-0.3, -0.25) is 0 Å². The molecule has 0 saturated carbocycles. The quantitative estimate of drug-likeness (QED) is 0.810. The maximum absolute atomic E-state index is 13.4. The number of halogens is 2. The van der Waals surface area contributed by atoms with Crippen LogP contribution >= 0.6 is 0 Å². The van der Waals surface area contributed by atoms with Gasteiger partial charge in [-0.2, -0.15) is 0 Å². The molecule has 0 aliphatic rings. The van der Waals surface area contributed by atoms with Gasteiger partial charge in [-0.15, -0.1) is 0 Å². The summed E-state index contributed by atoms with van der Waals surface area (Å²) in [5, 5.41) is 3.20. The van der Waals surface area contributed by atoms with Crippen LogP contribution in [0.3, 0.4) is 0 Å². The van der Waals surface area contributed by atoms with Gasteiger partial charge in [0, 0.05) is 12.6 Å². The molecule has 1 aromatic carbocycles. The van der Waals surface area contributed by atoms with E-state index in [1.807, 2.05) is 20.8 Å². The van der Waals surface area contributed by atoms with Crippen LogP contribution in [0.25, 0.3) is 0 Å². The summed E-state index contributed by atoms with van der Waals surface area (Å²) in [4.78, 5) is 0. The number of hydrogen-bond acceptors (Lipinski definition) is 1. The topological polar surface area (TPSA) is 12.0 Å². The van der Waals surface area contributed by atoms with Crippen LogP contribution in [0.5, 0.6) is 0 Å². The van der Waals surface area contributed by atoms with Crippen molar-refractivity contribution in [1.29, 1.82) is 0 Å². The second kappa shape index (κ2) is 5.21.